The van der Waals surface area contributed by atoms with E-state index >= 15 is 0 Å². The molecule has 0 aliphatic carbocycles. The number of carbonyl (C=O) groups is 1. The minimum Gasteiger partial charge on any atom is -0.299 e. The summed E-state index contributed by atoms with van der Waals surface area (Å²) in [5.74, 6) is -0.295. The zero-order chi connectivity index (χ0) is 13.4. The highest BCUT2D eigenvalue weighted by atomic mass is 79.9. The van der Waals surface area contributed by atoms with Crippen LogP contribution in [0.5, 0.6) is 0 Å². The summed E-state index contributed by atoms with van der Waals surface area (Å²) in [7, 11) is -2.49. The lowest BCUT2D eigenvalue weighted by Gasteiger charge is -2.28. The summed E-state index contributed by atoms with van der Waals surface area (Å²) in [6.45, 7) is 1.67. The molecule has 96 valence electrons. The molecule has 0 unspecified atom stereocenters. The molecule has 1 aliphatic heterocycles. The Kier molecular flexibility index (Phi) is 3.79. The molecule has 0 saturated carbocycles. The molecule has 0 atom stereocenters. The number of hydrogen-bond donors (Lipinski definition) is 0. The van der Waals surface area contributed by atoms with Gasteiger partial charge >= 0.3 is 0 Å². The SMILES string of the molecule is CC(=O)N1CCc2c(Cl)cc(Br)cc2C1=S(=O)=O. The summed E-state index contributed by atoms with van der Waals surface area (Å²) in [4.78, 5) is 12.7. The van der Waals surface area contributed by atoms with Crippen LogP contribution in [-0.4, -0.2) is 30.8 Å². The highest BCUT2D eigenvalue weighted by Crippen LogP contribution is 2.30. The number of benzene rings is 1. The van der Waals surface area contributed by atoms with Crippen LogP contribution in [0.1, 0.15) is 18.1 Å². The van der Waals surface area contributed by atoms with Crippen molar-refractivity contribution in [1.82, 2.24) is 4.90 Å². The third-order valence-corrected chi connectivity index (χ3v) is 4.31. The minimum absolute atomic E-state index is 0.00745. The standard InChI is InChI=1S/C11H9BrClNO3S/c1-6(15)14-3-2-8-9(11(14)18(16)17)4-7(12)5-10(8)13/h4-5H,2-3H2,1H3. The van der Waals surface area contributed by atoms with Crippen molar-refractivity contribution in [2.24, 2.45) is 0 Å². The van der Waals surface area contributed by atoms with Gasteiger partial charge in [0.2, 0.25) is 16.2 Å². The van der Waals surface area contributed by atoms with Gasteiger partial charge in [-0.2, -0.15) is 8.42 Å². The lowest BCUT2D eigenvalue weighted by atomic mass is 9.99. The Morgan fingerprint density at radius 1 is 1.44 bits per heavy atom. The second-order valence-corrected chi connectivity index (χ2v) is 6.05. The zero-order valence-electron chi connectivity index (χ0n) is 9.41. The first kappa shape index (κ1) is 13.6. The average Bonchev–Trinajstić information content (AvgIpc) is 2.26. The highest BCUT2D eigenvalue weighted by Gasteiger charge is 2.28. The predicted octanol–water partition coefficient (Wildman–Crippen LogP) is 1.86. The van der Waals surface area contributed by atoms with Crippen molar-refractivity contribution in [1.29, 1.82) is 0 Å². The van der Waals surface area contributed by atoms with Crippen LogP contribution in [0.25, 0.3) is 0 Å². The van der Waals surface area contributed by atoms with E-state index in [0.29, 0.717) is 28.0 Å². The third kappa shape index (κ3) is 2.32. The summed E-state index contributed by atoms with van der Waals surface area (Å²) in [6, 6.07) is 3.39. The van der Waals surface area contributed by atoms with E-state index in [1.807, 2.05) is 0 Å². The third-order valence-electron chi connectivity index (χ3n) is 2.76. The van der Waals surface area contributed by atoms with Gasteiger partial charge in [0.1, 0.15) is 0 Å². The molecular formula is C11H9BrClNO3S. The molecule has 7 heteroatoms. The van der Waals surface area contributed by atoms with E-state index < -0.39 is 10.3 Å². The van der Waals surface area contributed by atoms with Crippen molar-refractivity contribution in [3.8, 4) is 0 Å². The van der Waals surface area contributed by atoms with Crippen LogP contribution in [0.2, 0.25) is 5.02 Å². The molecule has 1 amide bonds. The quantitative estimate of drug-likeness (QED) is 0.671. The van der Waals surface area contributed by atoms with E-state index in [9.17, 15) is 13.2 Å². The van der Waals surface area contributed by atoms with Crippen LogP contribution in [0.3, 0.4) is 0 Å². The number of amides is 1. The van der Waals surface area contributed by atoms with Gasteiger partial charge in [0.05, 0.1) is 0 Å². The maximum absolute atomic E-state index is 11.5. The van der Waals surface area contributed by atoms with Gasteiger partial charge < -0.3 is 0 Å². The Morgan fingerprint density at radius 2 is 2.11 bits per heavy atom. The van der Waals surface area contributed by atoms with Gasteiger partial charge in [-0.3, -0.25) is 9.69 Å². The molecule has 1 aromatic rings. The fourth-order valence-electron chi connectivity index (χ4n) is 2.00. The van der Waals surface area contributed by atoms with Gasteiger partial charge in [-0.15, -0.1) is 0 Å². The van der Waals surface area contributed by atoms with Gasteiger partial charge in [0.15, 0.2) is 4.99 Å². The predicted molar refractivity (Wildman–Crippen MR) is 73.3 cm³/mol. The molecule has 0 bridgehead atoms. The number of nitrogens with zero attached hydrogens (tertiary/aromatic N) is 1. The van der Waals surface area contributed by atoms with E-state index in [4.69, 9.17) is 11.6 Å². The molecule has 18 heavy (non-hydrogen) atoms. The molecule has 1 aliphatic rings. The van der Waals surface area contributed by atoms with Crippen molar-refractivity contribution in [2.75, 3.05) is 6.54 Å². The topological polar surface area (TPSA) is 54.5 Å². The first-order valence-electron chi connectivity index (χ1n) is 5.14. The van der Waals surface area contributed by atoms with E-state index in [2.05, 4.69) is 15.9 Å². The fourth-order valence-corrected chi connectivity index (χ4v) is 3.66. The van der Waals surface area contributed by atoms with Gasteiger partial charge in [0, 0.05) is 28.5 Å². The summed E-state index contributed by atoms with van der Waals surface area (Å²) >= 11 is 9.37. The molecule has 0 aromatic heterocycles. The van der Waals surface area contributed by atoms with E-state index in [0.717, 1.165) is 5.56 Å². The van der Waals surface area contributed by atoms with Crippen LogP contribution >= 0.6 is 27.5 Å². The Bertz CT molecular complexity index is 661. The van der Waals surface area contributed by atoms with Gasteiger partial charge in [-0.05, 0) is 24.1 Å². The molecular weight excluding hydrogens is 342 g/mol. The molecule has 1 aromatic carbocycles. The Labute approximate surface area is 119 Å². The number of fused-ring (bicyclic) bond motifs is 1. The molecule has 4 nitrogen and oxygen atoms in total. The summed E-state index contributed by atoms with van der Waals surface area (Å²) < 4.78 is 23.4. The smallest absolute Gasteiger partial charge is 0.239 e. The molecule has 0 fully saturated rings. The summed E-state index contributed by atoms with van der Waals surface area (Å²) in [5, 5.41) is 0.505. The van der Waals surface area contributed by atoms with Gasteiger partial charge in [0.25, 0.3) is 0 Å². The molecule has 0 N–H and O–H groups in total. The van der Waals surface area contributed by atoms with Gasteiger partial charge in [-0.1, -0.05) is 27.5 Å². The first-order chi connectivity index (χ1) is 8.41. The average molecular weight is 351 g/mol. The maximum Gasteiger partial charge on any atom is 0.239 e. The van der Waals surface area contributed by atoms with Crippen LogP contribution in [0.4, 0.5) is 0 Å². The Hall–Kier alpha value is -0.850. The zero-order valence-corrected chi connectivity index (χ0v) is 12.6. The second kappa shape index (κ2) is 5.03. The summed E-state index contributed by atoms with van der Waals surface area (Å²) in [5.41, 5.74) is 1.25. The largest absolute Gasteiger partial charge is 0.299 e. The van der Waals surface area contributed by atoms with Crippen molar-refractivity contribution in [3.05, 3.63) is 32.8 Å². The van der Waals surface area contributed by atoms with Crippen molar-refractivity contribution < 1.29 is 13.2 Å². The highest BCUT2D eigenvalue weighted by molar-refractivity contribution is 9.10. The van der Waals surface area contributed by atoms with Crippen molar-refractivity contribution >= 4 is 48.7 Å². The Balaban J connectivity index is 2.76. The van der Waals surface area contributed by atoms with Gasteiger partial charge in [-0.25, -0.2) is 0 Å². The monoisotopic (exact) mass is 349 g/mol. The fraction of sp³-hybridized carbons (Fsp3) is 0.273. The molecule has 0 spiro atoms. The van der Waals surface area contributed by atoms with Crippen LogP contribution in [-0.2, 0) is 21.5 Å². The van der Waals surface area contributed by atoms with Crippen LogP contribution in [0.15, 0.2) is 16.6 Å². The van der Waals surface area contributed by atoms with E-state index in [1.54, 1.807) is 12.1 Å². The minimum atomic E-state index is -2.49. The lowest BCUT2D eigenvalue weighted by molar-refractivity contribution is -0.125. The Morgan fingerprint density at radius 3 is 2.67 bits per heavy atom. The molecule has 0 radical (unpaired) electrons. The molecule has 1 heterocycles. The number of rotatable bonds is 0. The lowest BCUT2D eigenvalue weighted by Crippen LogP contribution is -2.41. The second-order valence-electron chi connectivity index (χ2n) is 3.87. The normalized spacial score (nSPS) is 14.4. The number of carbonyl (C=O) groups excluding carboxylic acids is 1. The van der Waals surface area contributed by atoms with E-state index in [-0.39, 0.29) is 10.9 Å². The summed E-state index contributed by atoms with van der Waals surface area (Å²) in [6.07, 6.45) is 0.543. The van der Waals surface area contributed by atoms with Crippen LogP contribution < -0.4 is 0 Å². The maximum atomic E-state index is 11.5. The number of hydrogen-bond acceptors (Lipinski definition) is 3. The van der Waals surface area contributed by atoms with Crippen molar-refractivity contribution in [3.63, 3.8) is 0 Å². The number of halogens is 2. The molecule has 2 rings (SSSR count). The van der Waals surface area contributed by atoms with Crippen molar-refractivity contribution in [2.45, 2.75) is 13.3 Å². The van der Waals surface area contributed by atoms with E-state index in [1.165, 1.54) is 11.8 Å². The van der Waals surface area contributed by atoms with Crippen LogP contribution in [0, 0.1) is 0 Å². The molecule has 0 saturated heterocycles. The first-order valence-corrected chi connectivity index (χ1v) is 7.39.